The fourth-order valence-corrected chi connectivity index (χ4v) is 4.93. The highest BCUT2D eigenvalue weighted by Crippen LogP contribution is 2.52. The second-order valence-corrected chi connectivity index (χ2v) is 8.22. The summed E-state index contributed by atoms with van der Waals surface area (Å²) in [6.45, 7) is 7.08. The van der Waals surface area contributed by atoms with Crippen molar-refractivity contribution < 1.29 is 23.6 Å². The third-order valence-corrected chi connectivity index (χ3v) is 6.35. The Bertz CT molecular complexity index is 833. The maximum absolute atomic E-state index is 13.2. The van der Waals surface area contributed by atoms with Crippen molar-refractivity contribution >= 4 is 17.6 Å². The summed E-state index contributed by atoms with van der Waals surface area (Å²) < 4.78 is 16.6. The van der Waals surface area contributed by atoms with E-state index in [2.05, 4.69) is 15.4 Å². The van der Waals surface area contributed by atoms with Gasteiger partial charge in [0.2, 0.25) is 11.8 Å². The summed E-state index contributed by atoms with van der Waals surface area (Å²) >= 11 is 0. The molecule has 2 amide bonds. The lowest BCUT2D eigenvalue weighted by Gasteiger charge is -2.27. The second-order valence-electron chi connectivity index (χ2n) is 8.22. The summed E-state index contributed by atoms with van der Waals surface area (Å²) in [7, 11) is 0. The lowest BCUT2D eigenvalue weighted by molar-refractivity contribution is -0.131. The van der Waals surface area contributed by atoms with Crippen LogP contribution in [-0.4, -0.2) is 79.5 Å². The topological polar surface area (TPSA) is 97.1 Å². The summed E-state index contributed by atoms with van der Waals surface area (Å²) in [5.41, 5.74) is -0.746. The highest BCUT2D eigenvalue weighted by molar-refractivity contribution is 6.02. The van der Waals surface area contributed by atoms with E-state index in [0.717, 1.165) is 39.3 Å². The number of carbonyl (C=O) groups is 2. The monoisotopic (exact) mass is 402 g/mol. The number of amides is 2. The van der Waals surface area contributed by atoms with Crippen LogP contribution < -0.4 is 10.2 Å². The van der Waals surface area contributed by atoms with Gasteiger partial charge in [-0.25, -0.2) is 0 Å². The normalized spacial score (nSPS) is 33.5. The van der Waals surface area contributed by atoms with E-state index in [1.165, 1.54) is 0 Å². The molecule has 1 aromatic rings. The third-order valence-electron chi connectivity index (χ3n) is 6.35. The molecule has 0 aliphatic carbocycles. The van der Waals surface area contributed by atoms with Crippen LogP contribution in [0.2, 0.25) is 0 Å². The molecule has 0 aromatic carbocycles. The van der Waals surface area contributed by atoms with Gasteiger partial charge >= 0.3 is 0 Å². The number of fused-ring (bicyclic) bond motifs is 1. The summed E-state index contributed by atoms with van der Waals surface area (Å²) in [6.07, 6.45) is 4.38. The average Bonchev–Trinajstić information content (AvgIpc) is 3.47. The number of anilines is 1. The van der Waals surface area contributed by atoms with Gasteiger partial charge in [0.1, 0.15) is 11.4 Å². The van der Waals surface area contributed by atoms with Gasteiger partial charge < -0.3 is 19.3 Å². The van der Waals surface area contributed by atoms with Crippen LogP contribution in [0.3, 0.4) is 0 Å². The summed E-state index contributed by atoms with van der Waals surface area (Å²) in [4.78, 5) is 30.0. The van der Waals surface area contributed by atoms with E-state index in [0.29, 0.717) is 24.7 Å². The number of hydrogen-bond acceptors (Lipinski definition) is 7. The number of morpholine rings is 1. The molecule has 3 fully saturated rings. The van der Waals surface area contributed by atoms with Crippen molar-refractivity contribution in [2.24, 2.45) is 11.8 Å². The quantitative estimate of drug-likeness (QED) is 0.533. The largest absolute Gasteiger partial charge is 0.379 e. The van der Waals surface area contributed by atoms with Crippen LogP contribution in [0.4, 0.5) is 5.82 Å². The zero-order chi connectivity index (χ0) is 20.0. The Hall–Kier alpha value is -2.23. The highest BCUT2D eigenvalue weighted by Gasteiger charge is 2.67. The molecule has 29 heavy (non-hydrogen) atoms. The molecule has 4 atom stereocenters. The smallest absolute Gasteiger partial charge is 0.235 e. The minimum absolute atomic E-state index is 0.111. The molecular formula is C20H26N4O5. The number of ether oxygens (including phenoxy) is 2. The van der Waals surface area contributed by atoms with Crippen LogP contribution in [-0.2, 0) is 19.1 Å². The van der Waals surface area contributed by atoms with Gasteiger partial charge in [0.15, 0.2) is 5.82 Å². The van der Waals surface area contributed by atoms with Crippen molar-refractivity contribution in [2.45, 2.75) is 25.0 Å². The first-order valence-corrected chi connectivity index (χ1v) is 10.3. The van der Waals surface area contributed by atoms with Gasteiger partial charge in [-0.15, -0.1) is 0 Å². The minimum Gasteiger partial charge on any atom is -0.379 e. The molecular weight excluding hydrogens is 376 g/mol. The number of nitrogens with one attached hydrogen (secondary N) is 1. The van der Waals surface area contributed by atoms with Crippen LogP contribution in [0.5, 0.6) is 0 Å². The molecule has 0 radical (unpaired) electrons. The zero-order valence-electron chi connectivity index (χ0n) is 16.5. The fraction of sp³-hybridized carbons (Fsp3) is 0.650. The molecule has 156 valence electrons. The van der Waals surface area contributed by atoms with Crippen molar-refractivity contribution in [1.29, 1.82) is 0 Å². The number of nitrogens with zero attached hydrogens (tertiary/aromatic N) is 3. The number of carbonyl (C=O) groups excluding carboxylic acids is 2. The van der Waals surface area contributed by atoms with Gasteiger partial charge in [-0.1, -0.05) is 17.3 Å². The maximum atomic E-state index is 13.2. The molecule has 9 nitrogen and oxygen atoms in total. The van der Waals surface area contributed by atoms with Gasteiger partial charge in [0.25, 0.3) is 0 Å². The molecule has 1 aromatic heterocycles. The lowest BCUT2D eigenvalue weighted by Crippen LogP contribution is -2.45. The molecule has 4 aliphatic rings. The van der Waals surface area contributed by atoms with Gasteiger partial charge in [-0.05, 0) is 19.9 Å². The van der Waals surface area contributed by atoms with Crippen molar-refractivity contribution in [3.8, 4) is 0 Å². The summed E-state index contributed by atoms with van der Waals surface area (Å²) in [5, 5.41) is 6.99. The first-order valence-electron chi connectivity index (χ1n) is 10.3. The second kappa shape index (κ2) is 7.23. The SMILES string of the molecule is Cc1cc(N2C[C@]34C=C[C@H](O3)[C@H](C(=O)NCCCN3CCOCC3)[C@@H]4C2=O)no1. The molecule has 5 heterocycles. The number of aromatic nitrogens is 1. The Morgan fingerprint density at radius 3 is 2.97 bits per heavy atom. The lowest BCUT2D eigenvalue weighted by atomic mass is 9.77. The summed E-state index contributed by atoms with van der Waals surface area (Å²) in [5.74, 6) is -0.153. The first-order chi connectivity index (χ1) is 14.1. The molecule has 2 bridgehead atoms. The number of rotatable bonds is 6. The highest BCUT2D eigenvalue weighted by atomic mass is 16.5. The van der Waals surface area contributed by atoms with E-state index in [-0.39, 0.29) is 17.9 Å². The van der Waals surface area contributed by atoms with Crippen LogP contribution in [0.25, 0.3) is 0 Å². The predicted molar refractivity (Wildman–Crippen MR) is 102 cm³/mol. The van der Waals surface area contributed by atoms with Crippen LogP contribution in [0.1, 0.15) is 12.2 Å². The average molecular weight is 402 g/mol. The Morgan fingerprint density at radius 1 is 1.38 bits per heavy atom. The molecule has 0 saturated carbocycles. The van der Waals surface area contributed by atoms with E-state index in [9.17, 15) is 9.59 Å². The van der Waals surface area contributed by atoms with Gasteiger partial charge in [0, 0.05) is 25.7 Å². The first kappa shape index (κ1) is 18.8. The molecule has 0 unspecified atom stereocenters. The van der Waals surface area contributed by atoms with Crippen molar-refractivity contribution in [2.75, 3.05) is 50.8 Å². The zero-order valence-corrected chi connectivity index (χ0v) is 16.5. The minimum atomic E-state index is -0.746. The molecule has 5 rings (SSSR count). The van der Waals surface area contributed by atoms with E-state index >= 15 is 0 Å². The van der Waals surface area contributed by atoms with Crippen LogP contribution in [0.15, 0.2) is 22.7 Å². The molecule has 4 aliphatic heterocycles. The summed E-state index contributed by atoms with van der Waals surface area (Å²) in [6, 6.07) is 1.73. The molecule has 1 N–H and O–H groups in total. The third kappa shape index (κ3) is 3.17. The number of hydrogen-bond donors (Lipinski definition) is 1. The van der Waals surface area contributed by atoms with Gasteiger partial charge in [-0.2, -0.15) is 0 Å². The van der Waals surface area contributed by atoms with Crippen molar-refractivity contribution in [3.05, 3.63) is 24.0 Å². The Kier molecular flexibility index (Phi) is 4.68. The van der Waals surface area contributed by atoms with E-state index in [4.69, 9.17) is 14.0 Å². The molecule has 3 saturated heterocycles. The van der Waals surface area contributed by atoms with Crippen molar-refractivity contribution in [3.63, 3.8) is 0 Å². The Balaban J connectivity index is 1.22. The maximum Gasteiger partial charge on any atom is 0.235 e. The number of aryl methyl sites for hydroxylation is 1. The van der Waals surface area contributed by atoms with Crippen molar-refractivity contribution in [1.82, 2.24) is 15.4 Å². The standard InChI is InChI=1S/C20H26N4O5/c1-13-11-15(22-29-13)24-12-20-4-3-14(28-20)16(17(20)19(24)26)18(25)21-5-2-6-23-7-9-27-10-8-23/h3-4,11,14,16-17H,2,5-10,12H2,1H3,(H,21,25)/t14-,16-,17+,20-/m0/s1. The van der Waals surface area contributed by atoms with Gasteiger partial charge in [-0.3, -0.25) is 19.4 Å². The van der Waals surface area contributed by atoms with E-state index in [1.807, 2.05) is 12.2 Å². The van der Waals surface area contributed by atoms with E-state index in [1.54, 1.807) is 17.9 Å². The molecule has 1 spiro atoms. The van der Waals surface area contributed by atoms with Crippen LogP contribution >= 0.6 is 0 Å². The Morgan fingerprint density at radius 2 is 2.21 bits per heavy atom. The van der Waals surface area contributed by atoms with Gasteiger partial charge in [0.05, 0.1) is 37.7 Å². The predicted octanol–water partition coefficient (Wildman–Crippen LogP) is 0.108. The fourth-order valence-electron chi connectivity index (χ4n) is 4.93. The Labute approximate surface area is 169 Å². The van der Waals surface area contributed by atoms with Crippen LogP contribution in [0, 0.1) is 18.8 Å². The van der Waals surface area contributed by atoms with E-state index < -0.39 is 17.4 Å². The molecule has 9 heteroatoms.